The fraction of sp³-hybridized carbons (Fsp3) is 0.361. The molecule has 76 heavy (non-hydrogen) atoms. The third kappa shape index (κ3) is 8.05. The number of benzene rings is 7. The van der Waals surface area contributed by atoms with Crippen LogP contribution in [0, 0.1) is 6.92 Å². The Hall–Kier alpha value is -6.52. The second-order valence-electron chi connectivity index (χ2n) is 28.0. The highest BCUT2D eigenvalue weighted by atomic mass is 15.2. The molecule has 12 rings (SSSR count). The summed E-state index contributed by atoms with van der Waals surface area (Å²) in [5, 5.41) is 0. The smallest absolute Gasteiger partial charge is 0.252 e. The molecule has 1 atom stereocenters. The summed E-state index contributed by atoms with van der Waals surface area (Å²) >= 11 is 0. The van der Waals surface area contributed by atoms with Gasteiger partial charge < -0.3 is 14.7 Å². The Labute approximate surface area is 456 Å². The highest BCUT2D eigenvalue weighted by Gasteiger charge is 2.49. The lowest BCUT2D eigenvalue weighted by molar-refractivity contribution is 0.332. The Bertz CT molecular complexity index is 3540. The number of allylic oxidation sites excluding steroid dienone is 2. The SMILES string of the molecule is Cc1cc2c(cc1N1c3cc(C(C)(C)C)ccc3B3c4cc5c(cc4N(c4ccc(C(C)(C)C)cc4-c4ccccc4)c4cc(N(c6ccccc6)C6C=CC=CC6)cc1c43)C(C)(C)CCC5(C)C)C(C)(C)CC2(C)C. The van der Waals surface area contributed by atoms with Crippen molar-refractivity contribution in [3.05, 3.63) is 197 Å². The van der Waals surface area contributed by atoms with Gasteiger partial charge in [0.1, 0.15) is 0 Å². The molecule has 0 spiro atoms. The van der Waals surface area contributed by atoms with E-state index in [0.717, 1.165) is 25.7 Å². The summed E-state index contributed by atoms with van der Waals surface area (Å²) < 4.78 is 0. The molecule has 0 fully saturated rings. The maximum absolute atomic E-state index is 2.73. The average molecular weight is 998 g/mol. The summed E-state index contributed by atoms with van der Waals surface area (Å²) in [5.41, 5.74) is 26.4. The number of para-hydroxylation sites is 1. The predicted molar refractivity (Wildman–Crippen MR) is 329 cm³/mol. The summed E-state index contributed by atoms with van der Waals surface area (Å²) in [6.45, 7) is 36.3. The van der Waals surface area contributed by atoms with Crippen molar-refractivity contribution in [1.82, 2.24) is 0 Å². The Morgan fingerprint density at radius 1 is 0.487 bits per heavy atom. The van der Waals surface area contributed by atoms with Crippen LogP contribution in [-0.2, 0) is 32.5 Å². The summed E-state index contributed by atoms with van der Waals surface area (Å²) in [7, 11) is 0. The van der Waals surface area contributed by atoms with E-state index in [0.29, 0.717) is 0 Å². The molecule has 2 heterocycles. The topological polar surface area (TPSA) is 9.72 Å². The first-order chi connectivity index (χ1) is 35.8. The second kappa shape index (κ2) is 17.2. The van der Waals surface area contributed by atoms with Crippen LogP contribution >= 0.6 is 0 Å². The van der Waals surface area contributed by atoms with Gasteiger partial charge in [0.15, 0.2) is 0 Å². The molecule has 7 aromatic rings. The van der Waals surface area contributed by atoms with E-state index in [9.17, 15) is 0 Å². The van der Waals surface area contributed by atoms with Crippen molar-refractivity contribution in [2.45, 2.75) is 168 Å². The van der Waals surface area contributed by atoms with E-state index in [1.54, 1.807) is 0 Å². The molecule has 1 unspecified atom stereocenters. The third-order valence-corrected chi connectivity index (χ3v) is 18.6. The quantitative estimate of drug-likeness (QED) is 0.154. The standard InChI is InChI=1S/C72H80BN3/c1-46-37-54-57(72(14,15)45-71(54,12)13)43-61(46)76-62-39-49(68(5,6)7)31-33-58(62)73-59-42-55-56(70(10,11)36-35-69(55,8)9)44-63(59)75(60-34-32-48(67(2,3)4)38-53(60)47-25-19-16-20-26-47)64-40-52(41-65(76)66(64)73)74(50-27-21-17-22-28-50)51-29-23-18-24-30-51/h16-29,31-34,37-44,51H,30,35-36,45H2,1-15H3. The molecule has 0 saturated heterocycles. The van der Waals surface area contributed by atoms with Crippen molar-refractivity contribution in [2.75, 3.05) is 14.7 Å². The van der Waals surface area contributed by atoms with E-state index < -0.39 is 0 Å². The molecular formula is C72H80BN3. The number of nitrogens with zero attached hydrogens (tertiary/aromatic N) is 3. The minimum atomic E-state index is -0.0685. The summed E-state index contributed by atoms with van der Waals surface area (Å²) in [6.07, 6.45) is 13.5. The molecule has 0 radical (unpaired) electrons. The zero-order valence-electron chi connectivity index (χ0n) is 48.3. The molecule has 0 N–H and O–H groups in total. The largest absolute Gasteiger partial charge is 0.334 e. The van der Waals surface area contributed by atoms with Crippen molar-refractivity contribution in [1.29, 1.82) is 0 Å². The van der Waals surface area contributed by atoms with Crippen LogP contribution in [0.4, 0.5) is 45.5 Å². The van der Waals surface area contributed by atoms with E-state index in [2.05, 4.69) is 276 Å². The van der Waals surface area contributed by atoms with Gasteiger partial charge in [0, 0.05) is 45.4 Å². The van der Waals surface area contributed by atoms with Gasteiger partial charge in [0.05, 0.1) is 11.7 Å². The fourth-order valence-corrected chi connectivity index (χ4v) is 14.4. The predicted octanol–water partition coefficient (Wildman–Crippen LogP) is 17.7. The van der Waals surface area contributed by atoms with E-state index in [1.165, 1.54) is 112 Å². The van der Waals surface area contributed by atoms with Crippen LogP contribution in [0.2, 0.25) is 0 Å². The number of rotatable bonds is 6. The van der Waals surface area contributed by atoms with Gasteiger partial charge in [-0.2, -0.15) is 0 Å². The maximum atomic E-state index is 2.73. The second-order valence-corrected chi connectivity index (χ2v) is 28.0. The number of fused-ring (bicyclic) bond motifs is 6. The molecule has 3 nitrogen and oxygen atoms in total. The van der Waals surface area contributed by atoms with Crippen molar-refractivity contribution in [2.24, 2.45) is 0 Å². The minimum Gasteiger partial charge on any atom is -0.334 e. The van der Waals surface area contributed by atoms with Crippen LogP contribution in [-0.4, -0.2) is 12.8 Å². The van der Waals surface area contributed by atoms with Crippen LogP contribution in [0.5, 0.6) is 0 Å². The normalized spacial score (nSPS) is 19.1. The molecular weight excluding hydrogens is 918 g/mol. The molecule has 0 bridgehead atoms. The van der Waals surface area contributed by atoms with E-state index in [1.807, 2.05) is 0 Å². The fourth-order valence-electron chi connectivity index (χ4n) is 14.4. The van der Waals surface area contributed by atoms with E-state index in [4.69, 9.17) is 0 Å². The summed E-state index contributed by atoms with van der Waals surface area (Å²) in [6, 6.07) is 53.1. The first-order valence-electron chi connectivity index (χ1n) is 28.5. The molecule has 4 heteroatoms. The van der Waals surface area contributed by atoms with Gasteiger partial charge >= 0.3 is 0 Å². The van der Waals surface area contributed by atoms with Crippen LogP contribution < -0.4 is 31.1 Å². The molecule has 386 valence electrons. The average Bonchev–Trinajstić information content (AvgIpc) is 3.66. The lowest BCUT2D eigenvalue weighted by atomic mass is 9.33. The van der Waals surface area contributed by atoms with Crippen LogP contribution in [0.3, 0.4) is 0 Å². The number of anilines is 8. The summed E-state index contributed by atoms with van der Waals surface area (Å²) in [5.74, 6) is 0. The molecule has 0 aromatic heterocycles. The molecule has 3 aliphatic carbocycles. The third-order valence-electron chi connectivity index (χ3n) is 18.6. The van der Waals surface area contributed by atoms with Crippen molar-refractivity contribution >= 4 is 68.6 Å². The zero-order chi connectivity index (χ0) is 53.6. The first kappa shape index (κ1) is 50.3. The van der Waals surface area contributed by atoms with Crippen molar-refractivity contribution < 1.29 is 0 Å². The van der Waals surface area contributed by atoms with Crippen molar-refractivity contribution in [3.8, 4) is 11.1 Å². The van der Waals surface area contributed by atoms with Crippen LogP contribution in [0.1, 0.15) is 162 Å². The van der Waals surface area contributed by atoms with Gasteiger partial charge in [-0.25, -0.2) is 0 Å². The number of hydrogen-bond acceptors (Lipinski definition) is 3. The Balaban J connectivity index is 1.27. The maximum Gasteiger partial charge on any atom is 0.252 e. The van der Waals surface area contributed by atoms with Gasteiger partial charge in [-0.3, -0.25) is 0 Å². The highest BCUT2D eigenvalue weighted by Crippen LogP contribution is 2.56. The highest BCUT2D eigenvalue weighted by molar-refractivity contribution is 7.00. The molecule has 2 aliphatic heterocycles. The molecule has 5 aliphatic rings. The molecule has 7 aromatic carbocycles. The van der Waals surface area contributed by atoms with Gasteiger partial charge in [-0.1, -0.05) is 200 Å². The van der Waals surface area contributed by atoms with Gasteiger partial charge in [-0.15, -0.1) is 0 Å². The first-order valence-corrected chi connectivity index (χ1v) is 28.5. The Morgan fingerprint density at radius 2 is 1.03 bits per heavy atom. The molecule has 0 amide bonds. The van der Waals surface area contributed by atoms with E-state index in [-0.39, 0.29) is 45.2 Å². The van der Waals surface area contributed by atoms with Crippen LogP contribution in [0.25, 0.3) is 11.1 Å². The lowest BCUT2D eigenvalue weighted by Crippen LogP contribution is -2.62. The van der Waals surface area contributed by atoms with E-state index >= 15 is 0 Å². The Morgan fingerprint density at radius 3 is 1.64 bits per heavy atom. The lowest BCUT2D eigenvalue weighted by Gasteiger charge is -2.48. The number of aryl methyl sites for hydroxylation is 1. The zero-order valence-corrected chi connectivity index (χ0v) is 48.3. The van der Waals surface area contributed by atoms with Gasteiger partial charge in [-0.05, 0) is 181 Å². The summed E-state index contributed by atoms with van der Waals surface area (Å²) in [4.78, 5) is 8.09. The van der Waals surface area contributed by atoms with Crippen LogP contribution in [0.15, 0.2) is 158 Å². The van der Waals surface area contributed by atoms with Crippen molar-refractivity contribution in [3.63, 3.8) is 0 Å². The number of hydrogen-bond donors (Lipinski definition) is 0. The minimum absolute atomic E-state index is 0.00153. The Kier molecular flexibility index (Phi) is 11.4. The van der Waals surface area contributed by atoms with Gasteiger partial charge in [0.25, 0.3) is 6.71 Å². The molecule has 0 saturated carbocycles. The van der Waals surface area contributed by atoms with Gasteiger partial charge in [0.2, 0.25) is 0 Å². The monoisotopic (exact) mass is 998 g/mol.